The Hall–Kier alpha value is -2.25. The number of rotatable bonds is 8. The Labute approximate surface area is 179 Å². The second-order valence-electron chi connectivity index (χ2n) is 8.82. The van der Waals surface area contributed by atoms with Gasteiger partial charge in [0.25, 0.3) is 0 Å². The molecule has 1 unspecified atom stereocenters. The first-order valence-electron chi connectivity index (χ1n) is 10.9. The normalized spacial score (nSPS) is 18.7. The molecule has 0 radical (unpaired) electrons. The van der Waals surface area contributed by atoms with Crippen molar-refractivity contribution in [1.29, 1.82) is 5.26 Å². The molecule has 2 aliphatic rings. The molecule has 2 saturated carbocycles. The van der Waals surface area contributed by atoms with Gasteiger partial charge in [-0.1, -0.05) is 48.5 Å². The van der Waals surface area contributed by atoms with Gasteiger partial charge in [-0.25, -0.2) is 8.78 Å². The molecule has 0 aliphatic heterocycles. The Morgan fingerprint density at radius 1 is 0.967 bits per heavy atom. The van der Waals surface area contributed by atoms with E-state index in [0.29, 0.717) is 42.9 Å². The summed E-state index contributed by atoms with van der Waals surface area (Å²) in [5.74, 6) is 0. The molecule has 2 nitrogen and oxygen atoms in total. The maximum Gasteiger partial charge on any atom is 0.136 e. The van der Waals surface area contributed by atoms with Crippen LogP contribution in [0.4, 0.5) is 8.78 Å². The molecule has 2 aromatic rings. The highest BCUT2D eigenvalue weighted by Gasteiger charge is 2.53. The molecule has 4 heteroatoms. The van der Waals surface area contributed by atoms with Gasteiger partial charge in [0.15, 0.2) is 0 Å². The summed E-state index contributed by atoms with van der Waals surface area (Å²) in [6, 6.07) is 18.5. The number of nitriles is 1. The zero-order chi connectivity index (χ0) is 21.8. The first kappa shape index (κ1) is 22.4. The average molecular weight is 411 g/mol. The molecule has 0 heterocycles. The lowest BCUT2D eigenvalue weighted by Crippen LogP contribution is -2.29. The van der Waals surface area contributed by atoms with Crippen LogP contribution in [0.1, 0.15) is 68.2 Å². The van der Waals surface area contributed by atoms with Gasteiger partial charge in [0.05, 0.1) is 6.07 Å². The van der Waals surface area contributed by atoms with Gasteiger partial charge >= 0.3 is 0 Å². The number of aryl methyl sites for hydroxylation is 1. The summed E-state index contributed by atoms with van der Waals surface area (Å²) in [4.78, 5) is 2.35. The van der Waals surface area contributed by atoms with E-state index in [9.17, 15) is 8.78 Å². The fourth-order valence-corrected chi connectivity index (χ4v) is 3.89. The number of hydrogen-bond acceptors (Lipinski definition) is 2. The average Bonchev–Trinajstić information content (AvgIpc) is 3.66. The molecule has 4 rings (SSSR count). The van der Waals surface area contributed by atoms with Crippen LogP contribution < -0.4 is 0 Å². The van der Waals surface area contributed by atoms with Crippen molar-refractivity contribution in [2.75, 3.05) is 7.05 Å². The predicted molar refractivity (Wildman–Crippen MR) is 117 cm³/mol. The van der Waals surface area contributed by atoms with Gasteiger partial charge in [-0.2, -0.15) is 5.26 Å². The quantitative estimate of drug-likeness (QED) is 0.491. The predicted octanol–water partition coefficient (Wildman–Crippen LogP) is 6.59. The Morgan fingerprint density at radius 2 is 1.53 bits per heavy atom. The van der Waals surface area contributed by atoms with Crippen LogP contribution >= 0.6 is 0 Å². The third kappa shape index (κ3) is 5.46. The first-order valence-corrected chi connectivity index (χ1v) is 10.9. The highest BCUT2D eigenvalue weighted by Crippen LogP contribution is 2.58. The lowest BCUT2D eigenvalue weighted by atomic mass is 9.92. The summed E-state index contributed by atoms with van der Waals surface area (Å²) < 4.78 is 29.5. The highest BCUT2D eigenvalue weighted by molar-refractivity contribution is 5.44. The summed E-state index contributed by atoms with van der Waals surface area (Å²) in [7, 11) is 2.15. The Morgan fingerprint density at radius 3 is 2.10 bits per heavy atom. The molecular weight excluding hydrogens is 378 g/mol. The van der Waals surface area contributed by atoms with Crippen molar-refractivity contribution in [2.45, 2.75) is 76.3 Å². The third-order valence-electron chi connectivity index (χ3n) is 6.31. The van der Waals surface area contributed by atoms with E-state index in [1.165, 1.54) is 12.5 Å². The highest BCUT2D eigenvalue weighted by atomic mass is 19.1. The van der Waals surface area contributed by atoms with E-state index in [1.807, 2.05) is 24.3 Å². The molecule has 30 heavy (non-hydrogen) atoms. The second-order valence-corrected chi connectivity index (χ2v) is 8.82. The monoisotopic (exact) mass is 410 g/mol. The Balaban J connectivity index is 0.000000806. The smallest absolute Gasteiger partial charge is 0.136 e. The third-order valence-corrected chi connectivity index (χ3v) is 6.31. The van der Waals surface area contributed by atoms with Crippen molar-refractivity contribution in [3.05, 3.63) is 70.8 Å². The molecule has 2 fully saturated rings. The van der Waals surface area contributed by atoms with Crippen LogP contribution in [0.2, 0.25) is 0 Å². The molecule has 0 N–H and O–H groups in total. The summed E-state index contributed by atoms with van der Waals surface area (Å²) in [6.07, 6.45) is 4.05. The molecule has 0 saturated heterocycles. The zero-order valence-electron chi connectivity index (χ0n) is 18.3. The fraction of sp³-hybridized carbons (Fsp3) is 0.500. The van der Waals surface area contributed by atoms with Crippen LogP contribution in [0.15, 0.2) is 48.5 Å². The number of halogens is 2. The van der Waals surface area contributed by atoms with Crippen molar-refractivity contribution in [3.63, 3.8) is 0 Å². The van der Waals surface area contributed by atoms with Crippen molar-refractivity contribution in [1.82, 2.24) is 4.90 Å². The first-order chi connectivity index (χ1) is 14.3. The molecule has 1 atom stereocenters. The Kier molecular flexibility index (Phi) is 6.93. The number of nitrogens with zero attached hydrogens (tertiary/aromatic N) is 2. The van der Waals surface area contributed by atoms with Crippen molar-refractivity contribution in [3.8, 4) is 6.07 Å². The van der Waals surface area contributed by atoms with Gasteiger partial charge in [0.1, 0.15) is 11.3 Å². The van der Waals surface area contributed by atoms with Crippen LogP contribution in [0, 0.1) is 11.3 Å². The van der Waals surface area contributed by atoms with Crippen LogP contribution in [-0.4, -0.2) is 18.0 Å². The zero-order valence-corrected chi connectivity index (χ0v) is 18.3. The van der Waals surface area contributed by atoms with Gasteiger partial charge in [0, 0.05) is 19.5 Å². The summed E-state index contributed by atoms with van der Waals surface area (Å²) in [5.41, 5.74) is 1.14. The van der Waals surface area contributed by atoms with Gasteiger partial charge in [-0.05, 0) is 74.8 Å². The second kappa shape index (κ2) is 9.27. The lowest BCUT2D eigenvalue weighted by molar-refractivity contribution is 0.238. The molecular formula is C26H32F2N2. The molecule has 2 aromatic carbocycles. The number of benzene rings is 2. The SMILES string of the molecule is CC#N.CC(CCc1ccc(C2(F)CC2)c(C2(F)CC2)c1)N(C)Cc1ccccc1. The fourth-order valence-electron chi connectivity index (χ4n) is 3.89. The molecule has 0 bridgehead atoms. The molecule has 2 aliphatic carbocycles. The Bertz CT molecular complexity index is 880. The van der Waals surface area contributed by atoms with Gasteiger partial charge in [0.2, 0.25) is 0 Å². The van der Waals surface area contributed by atoms with E-state index in [4.69, 9.17) is 5.26 Å². The van der Waals surface area contributed by atoms with Crippen LogP contribution in [0.25, 0.3) is 0 Å². The molecule has 0 spiro atoms. The summed E-state index contributed by atoms with van der Waals surface area (Å²) in [6.45, 7) is 4.58. The van der Waals surface area contributed by atoms with Crippen LogP contribution in [-0.2, 0) is 24.3 Å². The van der Waals surface area contributed by atoms with Gasteiger partial charge in [-0.15, -0.1) is 0 Å². The van der Waals surface area contributed by atoms with E-state index in [2.05, 4.69) is 43.1 Å². The minimum Gasteiger partial charge on any atom is -0.299 e. The molecule has 0 amide bonds. The van der Waals surface area contributed by atoms with E-state index in [0.717, 1.165) is 24.9 Å². The van der Waals surface area contributed by atoms with E-state index < -0.39 is 11.3 Å². The minimum absolute atomic E-state index is 0.421. The van der Waals surface area contributed by atoms with Gasteiger partial charge < -0.3 is 0 Å². The van der Waals surface area contributed by atoms with Crippen molar-refractivity contribution < 1.29 is 8.78 Å². The maximum atomic E-state index is 14.8. The molecule has 160 valence electrons. The number of alkyl halides is 2. The summed E-state index contributed by atoms with van der Waals surface area (Å²) in [5, 5.41) is 7.32. The van der Waals surface area contributed by atoms with Crippen molar-refractivity contribution >= 4 is 0 Å². The summed E-state index contributed by atoms with van der Waals surface area (Å²) >= 11 is 0. The van der Waals surface area contributed by atoms with Crippen molar-refractivity contribution in [2.24, 2.45) is 0 Å². The van der Waals surface area contributed by atoms with Crippen LogP contribution in [0.5, 0.6) is 0 Å². The maximum absolute atomic E-state index is 14.8. The van der Waals surface area contributed by atoms with E-state index in [1.54, 1.807) is 6.07 Å². The van der Waals surface area contributed by atoms with E-state index in [-0.39, 0.29) is 0 Å². The topological polar surface area (TPSA) is 27.0 Å². The largest absolute Gasteiger partial charge is 0.299 e. The minimum atomic E-state index is -1.28. The van der Waals surface area contributed by atoms with E-state index >= 15 is 0 Å². The standard InChI is InChI=1S/C24H29F2N.C2H3N/c1-18(27(2)17-20-6-4-3-5-7-20)8-9-19-10-11-21(23(25)12-13-23)22(16-19)24(26)14-15-24;1-2-3/h3-7,10-11,16,18H,8-9,12-15,17H2,1-2H3;1H3. The van der Waals surface area contributed by atoms with Crippen LogP contribution in [0.3, 0.4) is 0 Å². The lowest BCUT2D eigenvalue weighted by Gasteiger charge is -2.25. The molecule has 0 aromatic heterocycles. The van der Waals surface area contributed by atoms with Gasteiger partial charge in [-0.3, -0.25) is 4.90 Å². The number of hydrogen-bond donors (Lipinski definition) is 0.